The lowest BCUT2D eigenvalue weighted by Gasteiger charge is -2.25. The fraction of sp³-hybridized carbons (Fsp3) is 0.286. The summed E-state index contributed by atoms with van der Waals surface area (Å²) in [5, 5.41) is 6.92. The first-order chi connectivity index (χ1) is 15.6. The highest BCUT2D eigenvalue weighted by Crippen LogP contribution is 2.40. The molecular formula is C21H20FN5O4S. The van der Waals surface area contributed by atoms with Gasteiger partial charge in [0.2, 0.25) is 0 Å². The Kier molecular flexibility index (Phi) is 5.35. The van der Waals surface area contributed by atoms with Gasteiger partial charge in [0, 0.05) is 30.3 Å². The van der Waals surface area contributed by atoms with Gasteiger partial charge >= 0.3 is 6.03 Å². The van der Waals surface area contributed by atoms with Crippen molar-refractivity contribution in [2.75, 3.05) is 19.0 Å². The highest BCUT2D eigenvalue weighted by Gasteiger charge is 2.29. The van der Waals surface area contributed by atoms with Crippen molar-refractivity contribution in [3.05, 3.63) is 47.5 Å². The third-order valence-corrected chi connectivity index (χ3v) is 6.58. The average Bonchev–Trinajstić information content (AvgIpc) is 3.20. The minimum atomic E-state index is -1.87. The van der Waals surface area contributed by atoms with Crippen molar-refractivity contribution in [3.63, 3.8) is 0 Å². The van der Waals surface area contributed by atoms with Crippen LogP contribution in [0.15, 0.2) is 35.5 Å². The summed E-state index contributed by atoms with van der Waals surface area (Å²) < 4.78 is 42.2. The van der Waals surface area contributed by atoms with E-state index in [4.69, 9.17) is 9.47 Å². The first kappa shape index (κ1) is 20.6. The van der Waals surface area contributed by atoms with Gasteiger partial charge in [-0.1, -0.05) is 12.1 Å². The SMILES string of the molecule is COc1nccc(-c2ccc3c(c2NC(=O)N[S@+]([O-])c2cnn4c2OCCC4)CC3)c1F. The maximum Gasteiger partial charge on any atom is 0.361 e. The number of aryl methyl sites for hydroxylation is 2. The molecule has 1 atom stereocenters. The first-order valence-electron chi connectivity index (χ1n) is 10.1. The number of nitrogens with zero attached hydrogens (tertiary/aromatic N) is 3. The van der Waals surface area contributed by atoms with Crippen molar-refractivity contribution in [1.29, 1.82) is 0 Å². The molecule has 2 aliphatic rings. The van der Waals surface area contributed by atoms with Crippen molar-refractivity contribution >= 4 is 23.1 Å². The number of carbonyl (C=O) groups is 1. The number of carbonyl (C=O) groups excluding carboxylic acids is 1. The van der Waals surface area contributed by atoms with Crippen LogP contribution in [-0.2, 0) is 30.7 Å². The molecule has 0 unspecified atom stereocenters. The molecule has 3 heterocycles. The van der Waals surface area contributed by atoms with E-state index in [-0.39, 0.29) is 11.4 Å². The third kappa shape index (κ3) is 3.53. The second-order valence-corrected chi connectivity index (χ2v) is 8.55. The van der Waals surface area contributed by atoms with Crippen molar-refractivity contribution in [1.82, 2.24) is 19.5 Å². The highest BCUT2D eigenvalue weighted by atomic mass is 32.2. The van der Waals surface area contributed by atoms with Gasteiger partial charge in [0.05, 0.1) is 19.4 Å². The van der Waals surface area contributed by atoms with E-state index < -0.39 is 23.2 Å². The van der Waals surface area contributed by atoms with Crippen molar-refractivity contribution in [2.45, 2.75) is 30.7 Å². The summed E-state index contributed by atoms with van der Waals surface area (Å²) >= 11 is -1.87. The Bertz CT molecular complexity index is 1200. The van der Waals surface area contributed by atoms with Gasteiger partial charge in [-0.05, 0) is 30.0 Å². The zero-order valence-electron chi connectivity index (χ0n) is 17.2. The molecule has 0 spiro atoms. The van der Waals surface area contributed by atoms with Gasteiger partial charge in [-0.2, -0.15) is 5.10 Å². The highest BCUT2D eigenvalue weighted by molar-refractivity contribution is 7.90. The van der Waals surface area contributed by atoms with Crippen LogP contribution in [0.1, 0.15) is 17.5 Å². The monoisotopic (exact) mass is 457 g/mol. The minimum absolute atomic E-state index is 0.132. The molecule has 0 fully saturated rings. The number of ether oxygens (including phenoxy) is 2. The molecule has 0 saturated heterocycles. The van der Waals surface area contributed by atoms with Crippen LogP contribution < -0.4 is 19.5 Å². The van der Waals surface area contributed by atoms with E-state index in [0.717, 1.165) is 30.4 Å². The van der Waals surface area contributed by atoms with E-state index in [1.807, 2.05) is 6.07 Å². The van der Waals surface area contributed by atoms with Gasteiger partial charge in [-0.3, -0.25) is 0 Å². The van der Waals surface area contributed by atoms with Gasteiger partial charge in [0.15, 0.2) is 5.82 Å². The van der Waals surface area contributed by atoms with Crippen LogP contribution in [0.4, 0.5) is 14.9 Å². The Morgan fingerprint density at radius 1 is 1.31 bits per heavy atom. The number of halogens is 1. The lowest BCUT2D eigenvalue weighted by molar-refractivity contribution is 0.224. The molecule has 0 radical (unpaired) electrons. The van der Waals surface area contributed by atoms with Crippen molar-refractivity contribution in [3.8, 4) is 22.9 Å². The fourth-order valence-corrected chi connectivity index (χ4v) is 4.68. The number of pyridine rings is 1. The molecule has 2 amide bonds. The molecule has 1 aliphatic carbocycles. The number of hydrogen-bond donors (Lipinski definition) is 2. The lowest BCUT2D eigenvalue weighted by atomic mass is 9.84. The van der Waals surface area contributed by atoms with Crippen LogP contribution in [0.25, 0.3) is 11.1 Å². The summed E-state index contributed by atoms with van der Waals surface area (Å²) in [5.74, 6) is -0.358. The van der Waals surface area contributed by atoms with Crippen molar-refractivity contribution in [2.24, 2.45) is 0 Å². The van der Waals surface area contributed by atoms with E-state index in [2.05, 4.69) is 20.1 Å². The number of benzene rings is 1. The van der Waals surface area contributed by atoms with Crippen LogP contribution in [0.5, 0.6) is 11.8 Å². The molecule has 9 nitrogen and oxygen atoms in total. The molecule has 3 aromatic rings. The summed E-state index contributed by atoms with van der Waals surface area (Å²) in [5.41, 5.74) is 3.22. The molecule has 32 heavy (non-hydrogen) atoms. The van der Waals surface area contributed by atoms with Crippen LogP contribution in [0, 0.1) is 5.82 Å². The molecule has 166 valence electrons. The predicted octanol–water partition coefficient (Wildman–Crippen LogP) is 2.82. The van der Waals surface area contributed by atoms with Gasteiger partial charge < -0.3 is 19.3 Å². The average molecular weight is 457 g/mol. The van der Waals surface area contributed by atoms with Gasteiger partial charge in [-0.15, -0.1) is 4.72 Å². The Morgan fingerprint density at radius 3 is 2.97 bits per heavy atom. The number of amides is 2. The van der Waals surface area contributed by atoms with Crippen LogP contribution in [-0.4, -0.2) is 39.1 Å². The number of aromatic nitrogens is 3. The summed E-state index contributed by atoms with van der Waals surface area (Å²) in [6, 6.07) is 4.51. The van der Waals surface area contributed by atoms with E-state index in [1.165, 1.54) is 25.6 Å². The Hall–Kier alpha value is -3.31. The lowest BCUT2D eigenvalue weighted by Crippen LogP contribution is -2.35. The zero-order valence-corrected chi connectivity index (χ0v) is 18.0. The Labute approximate surface area is 186 Å². The summed E-state index contributed by atoms with van der Waals surface area (Å²) in [4.78, 5) is 16.9. The molecule has 1 aromatic carbocycles. The fourth-order valence-electron chi connectivity index (χ4n) is 3.89. The maximum absolute atomic E-state index is 14.9. The zero-order chi connectivity index (χ0) is 22.2. The smallest absolute Gasteiger partial charge is 0.361 e. The number of rotatable bonds is 5. The van der Waals surface area contributed by atoms with Crippen LogP contribution >= 0.6 is 0 Å². The van der Waals surface area contributed by atoms with Crippen LogP contribution in [0.3, 0.4) is 0 Å². The molecule has 2 N–H and O–H groups in total. The standard InChI is InChI=1S/C21H20FN5O4S/c1-30-19-17(22)14(7-8-23-19)15-6-4-12-3-5-13(12)18(15)25-21(28)26-32(29)16-11-24-27-9-2-10-31-20(16)27/h4,6-8,11H,2-3,5,9-10H2,1H3,(H2,25,26,28)/t32-/m1/s1. The minimum Gasteiger partial charge on any atom is -0.588 e. The number of fused-ring (bicyclic) bond motifs is 2. The molecule has 1 aliphatic heterocycles. The second kappa shape index (κ2) is 8.32. The molecule has 11 heteroatoms. The predicted molar refractivity (Wildman–Crippen MR) is 114 cm³/mol. The summed E-state index contributed by atoms with van der Waals surface area (Å²) in [7, 11) is 1.34. The number of methoxy groups -OCH3 is 1. The van der Waals surface area contributed by atoms with Gasteiger partial charge in [0.25, 0.3) is 16.7 Å². The van der Waals surface area contributed by atoms with Gasteiger partial charge in [0.1, 0.15) is 17.6 Å². The maximum atomic E-state index is 14.9. The quantitative estimate of drug-likeness (QED) is 0.570. The van der Waals surface area contributed by atoms with Crippen molar-refractivity contribution < 1.29 is 23.2 Å². The number of urea groups is 1. The normalized spacial score (nSPS) is 15.0. The number of anilines is 1. The molecule has 0 bridgehead atoms. The van der Waals surface area contributed by atoms with Crippen LogP contribution in [0.2, 0.25) is 0 Å². The molecule has 5 rings (SSSR count). The van der Waals surface area contributed by atoms with E-state index in [0.29, 0.717) is 35.2 Å². The Morgan fingerprint density at radius 2 is 2.19 bits per heavy atom. The summed E-state index contributed by atoms with van der Waals surface area (Å²) in [6.07, 6.45) is 5.30. The van der Waals surface area contributed by atoms with E-state index in [9.17, 15) is 13.7 Å². The molecule has 0 saturated carbocycles. The number of hydrogen-bond acceptors (Lipinski definition) is 6. The van der Waals surface area contributed by atoms with Gasteiger partial charge in [-0.25, -0.2) is 18.9 Å². The number of nitrogens with one attached hydrogen (secondary N) is 2. The second-order valence-electron chi connectivity index (χ2n) is 7.37. The summed E-state index contributed by atoms with van der Waals surface area (Å²) in [6.45, 7) is 1.17. The first-order valence-corrected chi connectivity index (χ1v) is 11.2. The Balaban J connectivity index is 1.42. The molecular weight excluding hydrogens is 437 g/mol. The topological polar surface area (TPSA) is 113 Å². The third-order valence-electron chi connectivity index (χ3n) is 5.53. The van der Waals surface area contributed by atoms with E-state index in [1.54, 1.807) is 10.7 Å². The molecule has 2 aromatic heterocycles. The largest absolute Gasteiger partial charge is 0.588 e. The van der Waals surface area contributed by atoms with E-state index >= 15 is 0 Å².